The van der Waals surface area contributed by atoms with Crippen LogP contribution in [-0.2, 0) is 5.41 Å². The van der Waals surface area contributed by atoms with E-state index in [1.807, 2.05) is 0 Å². The quantitative estimate of drug-likeness (QED) is 0.135. The third kappa shape index (κ3) is 7.79. The molecule has 0 saturated carbocycles. The minimum Gasteiger partial charge on any atom is -0.310 e. The van der Waals surface area contributed by atoms with Gasteiger partial charge in [0, 0.05) is 33.9 Å². The fourth-order valence-electron chi connectivity index (χ4n) is 13.9. The Bertz CT molecular complexity index is 4460. The summed E-state index contributed by atoms with van der Waals surface area (Å²) in [5.74, 6) is 0. The summed E-state index contributed by atoms with van der Waals surface area (Å²) in [6.45, 7) is 0. The number of hydrogen-bond donors (Lipinski definition) is 0. The number of para-hydroxylation sites is 2. The summed E-state index contributed by atoms with van der Waals surface area (Å²) in [7, 11) is 0. The average molecular weight is 1060 g/mol. The first-order valence-electron chi connectivity index (χ1n) is 28.7. The monoisotopic (exact) mass is 1050 g/mol. The van der Waals surface area contributed by atoms with Crippen molar-refractivity contribution in [3.05, 3.63) is 350 Å². The predicted octanol–water partition coefficient (Wildman–Crippen LogP) is 21.9. The lowest BCUT2D eigenvalue weighted by molar-refractivity contribution is 0.809. The SMILES string of the molecule is c1ccc(-c2ccc(N(c3ccccc3)c3ccc4c5c(ccc4c3)-c3ccc4cc(N(c6ccccc6)c6ccc(-c7ccccc7)cc6-c6ccccc6)ccc4c3C53c4ccccc4-c4ccccc43)c(-c3ccccc3)c2)cc1. The number of fused-ring (bicyclic) bond motifs is 14. The summed E-state index contributed by atoms with van der Waals surface area (Å²) in [4.78, 5) is 4.89. The summed E-state index contributed by atoms with van der Waals surface area (Å²) >= 11 is 0. The van der Waals surface area contributed by atoms with Crippen LogP contribution in [0.3, 0.4) is 0 Å². The highest BCUT2D eigenvalue weighted by Crippen LogP contribution is 2.66. The van der Waals surface area contributed by atoms with Crippen molar-refractivity contribution in [3.8, 4) is 66.8 Å². The van der Waals surface area contributed by atoms with Gasteiger partial charge in [-0.3, -0.25) is 0 Å². The molecule has 0 aromatic heterocycles. The van der Waals surface area contributed by atoms with Gasteiger partial charge >= 0.3 is 0 Å². The van der Waals surface area contributed by atoms with Crippen LogP contribution in [0.25, 0.3) is 88.3 Å². The predicted molar refractivity (Wildman–Crippen MR) is 349 cm³/mol. The van der Waals surface area contributed by atoms with Gasteiger partial charge in [0.25, 0.3) is 0 Å². The van der Waals surface area contributed by atoms with E-state index in [4.69, 9.17) is 0 Å². The second-order valence-electron chi connectivity index (χ2n) is 21.9. The minimum absolute atomic E-state index is 0.611. The van der Waals surface area contributed by atoms with Crippen molar-refractivity contribution < 1.29 is 0 Å². The van der Waals surface area contributed by atoms with Crippen LogP contribution in [0.5, 0.6) is 0 Å². The van der Waals surface area contributed by atoms with E-state index in [1.54, 1.807) is 0 Å². The molecule has 16 rings (SSSR count). The van der Waals surface area contributed by atoms with Crippen molar-refractivity contribution in [1.82, 2.24) is 0 Å². The van der Waals surface area contributed by atoms with Gasteiger partial charge in [-0.05, 0) is 172 Å². The molecule has 0 N–H and O–H groups in total. The number of rotatable bonds is 10. The van der Waals surface area contributed by atoms with Crippen LogP contribution in [-0.4, -0.2) is 0 Å². The van der Waals surface area contributed by atoms with Gasteiger partial charge < -0.3 is 9.80 Å². The van der Waals surface area contributed by atoms with Crippen LogP contribution in [0.1, 0.15) is 22.3 Å². The molecule has 0 bridgehead atoms. The van der Waals surface area contributed by atoms with Gasteiger partial charge in [-0.25, -0.2) is 0 Å². The molecule has 2 aliphatic carbocycles. The van der Waals surface area contributed by atoms with Gasteiger partial charge in [0.05, 0.1) is 16.8 Å². The second-order valence-corrected chi connectivity index (χ2v) is 21.9. The molecule has 0 unspecified atom stereocenters. The molecule has 2 aliphatic rings. The zero-order valence-electron chi connectivity index (χ0n) is 45.6. The van der Waals surface area contributed by atoms with E-state index in [1.165, 1.54) is 99.4 Å². The first-order valence-corrected chi connectivity index (χ1v) is 28.7. The number of nitrogens with zero attached hydrogens (tertiary/aromatic N) is 2. The first kappa shape index (κ1) is 48.1. The van der Waals surface area contributed by atoms with Crippen LogP contribution >= 0.6 is 0 Å². The molecule has 83 heavy (non-hydrogen) atoms. The van der Waals surface area contributed by atoms with Gasteiger partial charge in [-0.2, -0.15) is 0 Å². The topological polar surface area (TPSA) is 6.48 Å². The van der Waals surface area contributed by atoms with E-state index in [9.17, 15) is 0 Å². The first-order chi connectivity index (χ1) is 41.2. The van der Waals surface area contributed by atoms with Crippen LogP contribution in [0.2, 0.25) is 0 Å². The van der Waals surface area contributed by atoms with Crippen LogP contribution in [0.15, 0.2) is 328 Å². The maximum absolute atomic E-state index is 2.44. The van der Waals surface area contributed by atoms with Crippen LogP contribution < -0.4 is 9.80 Å². The normalized spacial score (nSPS) is 12.4. The van der Waals surface area contributed by atoms with Crippen molar-refractivity contribution in [2.75, 3.05) is 9.80 Å². The lowest BCUT2D eigenvalue weighted by Crippen LogP contribution is -2.26. The summed E-state index contributed by atoms with van der Waals surface area (Å²) in [5.41, 5.74) is 25.8. The fourth-order valence-corrected chi connectivity index (χ4v) is 13.9. The van der Waals surface area contributed by atoms with E-state index in [0.29, 0.717) is 0 Å². The molecule has 1 spiro atoms. The molecule has 0 aliphatic heterocycles. The van der Waals surface area contributed by atoms with Crippen molar-refractivity contribution in [3.63, 3.8) is 0 Å². The van der Waals surface area contributed by atoms with Crippen molar-refractivity contribution in [2.45, 2.75) is 5.41 Å². The van der Waals surface area contributed by atoms with Crippen LogP contribution in [0, 0.1) is 0 Å². The van der Waals surface area contributed by atoms with Gasteiger partial charge in [0.1, 0.15) is 0 Å². The highest BCUT2D eigenvalue weighted by Gasteiger charge is 2.53. The minimum atomic E-state index is -0.611. The van der Waals surface area contributed by atoms with Gasteiger partial charge in [0.15, 0.2) is 0 Å². The van der Waals surface area contributed by atoms with Crippen molar-refractivity contribution in [1.29, 1.82) is 0 Å². The third-order valence-corrected chi connectivity index (χ3v) is 17.4. The Hall–Kier alpha value is -10.8. The molecule has 0 radical (unpaired) electrons. The van der Waals surface area contributed by atoms with E-state index in [-0.39, 0.29) is 0 Å². The molecule has 0 heterocycles. The highest BCUT2D eigenvalue weighted by molar-refractivity contribution is 6.10. The van der Waals surface area contributed by atoms with E-state index < -0.39 is 5.41 Å². The van der Waals surface area contributed by atoms with E-state index in [2.05, 4.69) is 337 Å². The second kappa shape index (κ2) is 19.8. The molecule has 0 fully saturated rings. The molecular weight excluding hydrogens is 1000 g/mol. The smallest absolute Gasteiger partial charge is 0.0737 e. The Kier molecular flexibility index (Phi) is 11.5. The Labute approximate surface area is 484 Å². The summed E-state index contributed by atoms with van der Waals surface area (Å²) in [6.07, 6.45) is 0. The molecule has 0 saturated heterocycles. The maximum Gasteiger partial charge on any atom is 0.0737 e. The van der Waals surface area contributed by atoms with Gasteiger partial charge in [0.2, 0.25) is 0 Å². The Morgan fingerprint density at radius 3 is 0.952 bits per heavy atom. The third-order valence-electron chi connectivity index (χ3n) is 17.4. The zero-order valence-corrected chi connectivity index (χ0v) is 45.6. The lowest BCUT2D eigenvalue weighted by atomic mass is 9.68. The summed E-state index contributed by atoms with van der Waals surface area (Å²) in [6, 6.07) is 121. The largest absolute Gasteiger partial charge is 0.310 e. The lowest BCUT2D eigenvalue weighted by Gasteiger charge is -2.33. The van der Waals surface area contributed by atoms with Gasteiger partial charge in [-0.1, -0.05) is 255 Å². The maximum atomic E-state index is 2.44. The molecule has 0 amide bonds. The molecule has 388 valence electrons. The molecule has 2 nitrogen and oxygen atoms in total. The zero-order chi connectivity index (χ0) is 54.8. The van der Waals surface area contributed by atoms with Crippen molar-refractivity contribution in [2.24, 2.45) is 0 Å². The molecule has 0 atom stereocenters. The molecule has 2 heteroatoms. The standard InChI is InChI=1S/C81H54N2/c1-7-23-55(24-8-1)59-41-49-77(73(53-59)57-27-11-3-12-28-57)82(63-31-15-5-16-32-63)65-43-47-67-61(51-65)39-45-71-72-46-40-62-52-66(44-48-68(62)80(72)81(79(67)71)75-37-21-19-35-69(75)70-36-20-22-38-76(70)81)83(64-33-17-6-18-34-64)78-50-42-60(56-25-9-2-10-26-56)54-74(78)58-29-13-4-14-30-58/h1-54H. The summed E-state index contributed by atoms with van der Waals surface area (Å²) in [5, 5.41) is 4.88. The molecule has 14 aromatic carbocycles. The van der Waals surface area contributed by atoms with Crippen molar-refractivity contribution >= 4 is 55.7 Å². The Balaban J connectivity index is 0.900. The molecular formula is C81H54N2. The van der Waals surface area contributed by atoms with Crippen LogP contribution in [0.4, 0.5) is 34.1 Å². The average Bonchev–Trinajstić information content (AvgIpc) is 1.59. The Morgan fingerprint density at radius 1 is 0.205 bits per heavy atom. The number of benzene rings is 14. The Morgan fingerprint density at radius 2 is 0.554 bits per heavy atom. The van der Waals surface area contributed by atoms with E-state index in [0.717, 1.165) is 45.3 Å². The number of anilines is 6. The highest BCUT2D eigenvalue weighted by atomic mass is 15.1. The fraction of sp³-hybridized carbons (Fsp3) is 0.0123. The summed E-state index contributed by atoms with van der Waals surface area (Å²) < 4.78 is 0. The van der Waals surface area contributed by atoms with E-state index >= 15 is 0 Å². The van der Waals surface area contributed by atoms with Gasteiger partial charge in [-0.15, -0.1) is 0 Å². The molecule has 14 aromatic rings. The number of hydrogen-bond acceptors (Lipinski definition) is 2.